The molecule has 6 nitrogen and oxygen atoms in total. The summed E-state index contributed by atoms with van der Waals surface area (Å²) in [6.45, 7) is 0.0653. The van der Waals surface area contributed by atoms with E-state index < -0.39 is 12.1 Å². The van der Waals surface area contributed by atoms with Crippen molar-refractivity contribution in [1.29, 1.82) is 0 Å². The van der Waals surface area contributed by atoms with Gasteiger partial charge in [-0.25, -0.2) is 4.79 Å². The van der Waals surface area contributed by atoms with Crippen molar-refractivity contribution in [3.63, 3.8) is 0 Å². The molecular formula is C13H15ClN4O2. The highest BCUT2D eigenvalue weighted by Gasteiger charge is 2.12. The molecule has 106 valence electrons. The number of aromatic nitrogens is 2. The van der Waals surface area contributed by atoms with Crippen molar-refractivity contribution < 1.29 is 9.90 Å². The minimum absolute atomic E-state index is 0.0653. The van der Waals surface area contributed by atoms with Gasteiger partial charge < -0.3 is 15.7 Å². The number of rotatable bonds is 4. The van der Waals surface area contributed by atoms with E-state index in [4.69, 9.17) is 11.6 Å². The molecule has 1 aromatic carbocycles. The SMILES string of the molecule is Cn1cc(NC(=O)NCC(O)c2ccccc2Cl)cn1. The molecule has 2 aromatic rings. The van der Waals surface area contributed by atoms with Crippen molar-refractivity contribution >= 4 is 23.3 Å². The zero-order chi connectivity index (χ0) is 14.5. The van der Waals surface area contributed by atoms with Gasteiger partial charge in [-0.05, 0) is 6.07 Å². The van der Waals surface area contributed by atoms with Gasteiger partial charge >= 0.3 is 6.03 Å². The number of halogens is 1. The Bertz CT molecular complexity index is 600. The number of nitrogens with one attached hydrogen (secondary N) is 2. The van der Waals surface area contributed by atoms with Crippen molar-refractivity contribution in [1.82, 2.24) is 15.1 Å². The van der Waals surface area contributed by atoms with Gasteiger partial charge in [0, 0.05) is 30.4 Å². The summed E-state index contributed by atoms with van der Waals surface area (Å²) in [5.41, 5.74) is 1.16. The van der Waals surface area contributed by atoms with Crippen LogP contribution < -0.4 is 10.6 Å². The first-order valence-electron chi connectivity index (χ1n) is 6.02. The topological polar surface area (TPSA) is 79.2 Å². The van der Waals surface area contributed by atoms with E-state index in [0.29, 0.717) is 16.3 Å². The van der Waals surface area contributed by atoms with E-state index in [1.54, 1.807) is 42.2 Å². The first kappa shape index (κ1) is 14.4. The molecule has 0 aliphatic rings. The summed E-state index contributed by atoms with van der Waals surface area (Å²) < 4.78 is 1.58. The average molecular weight is 295 g/mol. The van der Waals surface area contributed by atoms with Gasteiger partial charge in [-0.3, -0.25) is 4.68 Å². The van der Waals surface area contributed by atoms with Gasteiger partial charge in [0.15, 0.2) is 0 Å². The number of nitrogens with zero attached hydrogens (tertiary/aromatic N) is 2. The summed E-state index contributed by atoms with van der Waals surface area (Å²) >= 11 is 5.97. The Hall–Kier alpha value is -2.05. The van der Waals surface area contributed by atoms with Crippen molar-refractivity contribution in [2.75, 3.05) is 11.9 Å². The molecule has 1 unspecified atom stereocenters. The van der Waals surface area contributed by atoms with Gasteiger partial charge in [-0.2, -0.15) is 5.10 Å². The second-order valence-corrected chi connectivity index (χ2v) is 4.68. The second kappa shape index (κ2) is 6.40. The Labute approximate surface area is 121 Å². The summed E-state index contributed by atoms with van der Waals surface area (Å²) in [4.78, 5) is 11.6. The third kappa shape index (κ3) is 3.72. The first-order valence-corrected chi connectivity index (χ1v) is 6.40. The molecule has 0 saturated heterocycles. The van der Waals surface area contributed by atoms with E-state index in [2.05, 4.69) is 15.7 Å². The zero-order valence-electron chi connectivity index (χ0n) is 10.9. The highest BCUT2D eigenvalue weighted by Crippen LogP contribution is 2.21. The maximum atomic E-state index is 11.6. The number of benzene rings is 1. The van der Waals surface area contributed by atoms with E-state index >= 15 is 0 Å². The number of amides is 2. The number of aliphatic hydroxyl groups is 1. The average Bonchev–Trinajstić information content (AvgIpc) is 2.82. The van der Waals surface area contributed by atoms with Crippen molar-refractivity contribution in [2.45, 2.75) is 6.10 Å². The highest BCUT2D eigenvalue weighted by atomic mass is 35.5. The molecule has 3 N–H and O–H groups in total. The Morgan fingerprint density at radius 1 is 1.50 bits per heavy atom. The molecule has 0 spiro atoms. The third-order valence-corrected chi connectivity index (χ3v) is 3.03. The zero-order valence-corrected chi connectivity index (χ0v) is 11.6. The van der Waals surface area contributed by atoms with E-state index in [1.165, 1.54) is 6.20 Å². The standard InChI is InChI=1S/C13H15ClN4O2/c1-18-8-9(6-16-18)17-13(20)15-7-12(19)10-4-2-3-5-11(10)14/h2-6,8,12,19H,7H2,1H3,(H2,15,17,20). The number of anilines is 1. The number of aliphatic hydroxyl groups excluding tert-OH is 1. The van der Waals surface area contributed by atoms with Crippen LogP contribution in [0.1, 0.15) is 11.7 Å². The monoisotopic (exact) mass is 294 g/mol. The van der Waals surface area contributed by atoms with Gasteiger partial charge in [-0.1, -0.05) is 29.8 Å². The molecule has 0 bridgehead atoms. The van der Waals surface area contributed by atoms with Crippen LogP contribution in [0, 0.1) is 0 Å². The summed E-state index contributed by atoms with van der Waals surface area (Å²) in [6, 6.07) is 6.55. The van der Waals surface area contributed by atoms with Crippen molar-refractivity contribution in [3.8, 4) is 0 Å². The van der Waals surface area contributed by atoms with Crippen molar-refractivity contribution in [3.05, 3.63) is 47.2 Å². The van der Waals surface area contributed by atoms with E-state index in [0.717, 1.165) is 0 Å². The molecular weight excluding hydrogens is 280 g/mol. The predicted molar refractivity (Wildman–Crippen MR) is 76.6 cm³/mol. The fourth-order valence-corrected chi connectivity index (χ4v) is 1.97. The largest absolute Gasteiger partial charge is 0.387 e. The number of aryl methyl sites for hydroxylation is 1. The van der Waals surface area contributed by atoms with Crippen LogP contribution in [0.3, 0.4) is 0 Å². The highest BCUT2D eigenvalue weighted by molar-refractivity contribution is 6.31. The first-order chi connectivity index (χ1) is 9.56. The lowest BCUT2D eigenvalue weighted by Gasteiger charge is -2.13. The fraction of sp³-hybridized carbons (Fsp3) is 0.231. The molecule has 1 atom stereocenters. The van der Waals surface area contributed by atoms with Crippen LogP contribution in [-0.4, -0.2) is 27.5 Å². The van der Waals surface area contributed by atoms with Gasteiger partial charge in [0.25, 0.3) is 0 Å². The lowest BCUT2D eigenvalue weighted by atomic mass is 10.1. The van der Waals surface area contributed by atoms with E-state index in [9.17, 15) is 9.90 Å². The maximum Gasteiger partial charge on any atom is 0.319 e. The Balaban J connectivity index is 1.85. The van der Waals surface area contributed by atoms with E-state index in [1.807, 2.05) is 0 Å². The smallest absolute Gasteiger partial charge is 0.319 e. The lowest BCUT2D eigenvalue weighted by Crippen LogP contribution is -2.32. The van der Waals surface area contributed by atoms with Gasteiger partial charge in [0.2, 0.25) is 0 Å². The van der Waals surface area contributed by atoms with Crippen LogP contribution >= 0.6 is 11.6 Å². The molecule has 2 amide bonds. The second-order valence-electron chi connectivity index (χ2n) is 4.28. The molecule has 0 saturated carbocycles. The van der Waals surface area contributed by atoms with Crippen LogP contribution in [0.25, 0.3) is 0 Å². The number of carbonyl (C=O) groups excluding carboxylic acids is 1. The van der Waals surface area contributed by atoms with Crippen LogP contribution in [0.2, 0.25) is 5.02 Å². The predicted octanol–water partition coefficient (Wildman–Crippen LogP) is 1.93. The van der Waals surface area contributed by atoms with Gasteiger partial charge in [0.1, 0.15) is 0 Å². The lowest BCUT2D eigenvalue weighted by molar-refractivity contribution is 0.175. The molecule has 7 heteroatoms. The van der Waals surface area contributed by atoms with Crippen LogP contribution in [0.5, 0.6) is 0 Å². The molecule has 1 aromatic heterocycles. The molecule has 0 aliphatic heterocycles. The molecule has 0 radical (unpaired) electrons. The minimum Gasteiger partial charge on any atom is -0.387 e. The Morgan fingerprint density at radius 2 is 2.25 bits per heavy atom. The third-order valence-electron chi connectivity index (χ3n) is 2.68. The molecule has 0 aliphatic carbocycles. The van der Waals surface area contributed by atoms with Crippen LogP contribution in [0.15, 0.2) is 36.7 Å². The Kier molecular flexibility index (Phi) is 4.60. The van der Waals surface area contributed by atoms with Gasteiger partial charge in [0.05, 0.1) is 18.0 Å². The normalized spacial score (nSPS) is 11.9. The van der Waals surface area contributed by atoms with E-state index in [-0.39, 0.29) is 6.54 Å². The quantitative estimate of drug-likeness (QED) is 0.806. The number of urea groups is 1. The maximum absolute atomic E-state index is 11.6. The molecule has 2 rings (SSSR count). The number of hydrogen-bond donors (Lipinski definition) is 3. The Morgan fingerprint density at radius 3 is 2.90 bits per heavy atom. The molecule has 20 heavy (non-hydrogen) atoms. The van der Waals surface area contributed by atoms with Crippen molar-refractivity contribution in [2.24, 2.45) is 7.05 Å². The summed E-state index contributed by atoms with van der Waals surface area (Å²) in [5, 5.41) is 19.6. The van der Waals surface area contributed by atoms with Crippen LogP contribution in [0.4, 0.5) is 10.5 Å². The minimum atomic E-state index is -0.858. The molecule has 1 heterocycles. The van der Waals surface area contributed by atoms with Gasteiger partial charge in [-0.15, -0.1) is 0 Å². The number of hydrogen-bond acceptors (Lipinski definition) is 3. The summed E-state index contributed by atoms with van der Waals surface area (Å²) in [5.74, 6) is 0. The summed E-state index contributed by atoms with van der Waals surface area (Å²) in [6.07, 6.45) is 2.34. The molecule has 0 fully saturated rings. The summed E-state index contributed by atoms with van der Waals surface area (Å²) in [7, 11) is 1.75. The fourth-order valence-electron chi connectivity index (χ4n) is 1.71. The van der Waals surface area contributed by atoms with Crippen LogP contribution in [-0.2, 0) is 7.05 Å². The number of carbonyl (C=O) groups is 1.